The third-order valence-corrected chi connectivity index (χ3v) is 11.6. The molecule has 0 spiro atoms. The molecule has 3 heteroatoms. The van der Waals surface area contributed by atoms with E-state index in [4.69, 9.17) is 0 Å². The first-order valence-electron chi connectivity index (χ1n) is 13.6. The lowest BCUT2D eigenvalue weighted by Crippen LogP contribution is -2.55. The third-order valence-electron chi connectivity index (χ3n) is 11.6. The van der Waals surface area contributed by atoms with Crippen LogP contribution in [0.2, 0.25) is 0 Å². The zero-order valence-electron chi connectivity index (χ0n) is 22.3. The van der Waals surface area contributed by atoms with Crippen molar-refractivity contribution in [3.8, 4) is 0 Å². The molecule has 0 unspecified atom stereocenters. The van der Waals surface area contributed by atoms with Gasteiger partial charge in [-0.3, -0.25) is 4.79 Å². The van der Waals surface area contributed by atoms with Crippen LogP contribution in [-0.4, -0.2) is 22.3 Å². The van der Waals surface area contributed by atoms with Crippen molar-refractivity contribution in [2.24, 2.45) is 39.4 Å². The SMILES string of the molecule is CC(C)=CCC[C@@H](C(=O)O)[C@H]1CC[C@@]2(C)C3=C(CC[C@]12C)[C@@]1(C)CC[C@@H](O)C(C)(C)[C@@H]1CC3. The molecule has 4 rings (SSSR count). The molecule has 4 aliphatic carbocycles. The maximum absolute atomic E-state index is 12.5. The molecule has 0 aromatic heterocycles. The zero-order valence-corrected chi connectivity index (χ0v) is 22.3. The van der Waals surface area contributed by atoms with E-state index in [-0.39, 0.29) is 39.6 Å². The quantitative estimate of drug-likeness (QED) is 0.420. The molecule has 2 fully saturated rings. The number of hydrogen-bond acceptors (Lipinski definition) is 2. The van der Waals surface area contributed by atoms with Crippen molar-refractivity contribution in [1.82, 2.24) is 0 Å². The second-order valence-corrected chi connectivity index (χ2v) is 13.5. The molecule has 0 aromatic carbocycles. The number of rotatable bonds is 5. The smallest absolute Gasteiger partial charge is 0.306 e. The highest BCUT2D eigenvalue weighted by Crippen LogP contribution is 2.72. The standard InChI is InChI=1S/C30H48O3/c1-19(2)9-8-10-20(26(32)33)21-13-17-30(7)23-11-12-24-27(3,4)25(31)15-16-28(24,5)22(23)14-18-29(21,30)6/h9,20-21,24-25,31H,8,10-18H2,1-7H3,(H,32,33)/t20-,21-,24+,25-,28-,29-,30+/m1/s1. The van der Waals surface area contributed by atoms with Crippen molar-refractivity contribution in [2.75, 3.05) is 0 Å². The molecular formula is C30H48O3. The Morgan fingerprint density at radius 1 is 1.00 bits per heavy atom. The molecule has 3 nitrogen and oxygen atoms in total. The minimum atomic E-state index is -0.592. The minimum Gasteiger partial charge on any atom is -0.481 e. The molecule has 0 heterocycles. The van der Waals surface area contributed by atoms with Gasteiger partial charge in [0.2, 0.25) is 0 Å². The summed E-state index contributed by atoms with van der Waals surface area (Å²) >= 11 is 0. The fraction of sp³-hybridized carbons (Fsp3) is 0.833. The first kappa shape index (κ1) is 25.0. The topological polar surface area (TPSA) is 57.5 Å². The maximum atomic E-state index is 12.5. The van der Waals surface area contributed by atoms with E-state index in [0.717, 1.165) is 57.8 Å². The molecule has 33 heavy (non-hydrogen) atoms. The molecule has 0 bridgehead atoms. The van der Waals surface area contributed by atoms with Crippen LogP contribution in [-0.2, 0) is 4.79 Å². The van der Waals surface area contributed by atoms with E-state index in [2.05, 4.69) is 54.5 Å². The number of carboxylic acids is 1. The van der Waals surface area contributed by atoms with Crippen molar-refractivity contribution in [3.63, 3.8) is 0 Å². The highest BCUT2D eigenvalue weighted by Gasteiger charge is 2.64. The average Bonchev–Trinajstić information content (AvgIpc) is 3.00. The van der Waals surface area contributed by atoms with Crippen molar-refractivity contribution in [1.29, 1.82) is 0 Å². The Balaban J connectivity index is 1.69. The predicted octanol–water partition coefficient (Wildman–Crippen LogP) is 7.54. The summed E-state index contributed by atoms with van der Waals surface area (Å²) in [5.41, 5.74) is 5.00. The monoisotopic (exact) mass is 456 g/mol. The van der Waals surface area contributed by atoms with Crippen LogP contribution in [0.1, 0.15) is 113 Å². The van der Waals surface area contributed by atoms with Gasteiger partial charge in [-0.1, -0.05) is 57.4 Å². The number of aliphatic hydroxyl groups excluding tert-OH is 1. The van der Waals surface area contributed by atoms with Gasteiger partial charge in [0.25, 0.3) is 0 Å². The van der Waals surface area contributed by atoms with Crippen molar-refractivity contribution < 1.29 is 15.0 Å². The summed E-state index contributed by atoms with van der Waals surface area (Å²) in [6.07, 6.45) is 12.3. The number of aliphatic carboxylic acids is 1. The van der Waals surface area contributed by atoms with Crippen LogP contribution in [0.3, 0.4) is 0 Å². The van der Waals surface area contributed by atoms with Crippen LogP contribution in [0, 0.1) is 39.4 Å². The van der Waals surface area contributed by atoms with Crippen LogP contribution in [0.15, 0.2) is 22.8 Å². The zero-order chi connectivity index (χ0) is 24.4. The van der Waals surface area contributed by atoms with E-state index >= 15 is 0 Å². The van der Waals surface area contributed by atoms with Gasteiger partial charge in [0.05, 0.1) is 12.0 Å². The Hall–Kier alpha value is -1.09. The fourth-order valence-corrected chi connectivity index (χ4v) is 9.41. The summed E-state index contributed by atoms with van der Waals surface area (Å²) in [5, 5.41) is 21.0. The van der Waals surface area contributed by atoms with Gasteiger partial charge in [-0.15, -0.1) is 0 Å². The summed E-state index contributed by atoms with van der Waals surface area (Å²) in [6, 6.07) is 0. The highest BCUT2D eigenvalue weighted by molar-refractivity contribution is 5.70. The minimum absolute atomic E-state index is 0.0370. The Morgan fingerprint density at radius 2 is 1.70 bits per heavy atom. The second kappa shape index (κ2) is 8.25. The Morgan fingerprint density at radius 3 is 2.33 bits per heavy atom. The van der Waals surface area contributed by atoms with Gasteiger partial charge in [-0.25, -0.2) is 0 Å². The third kappa shape index (κ3) is 3.58. The molecule has 0 aliphatic heterocycles. The molecule has 0 saturated heterocycles. The normalized spacial score (nSPS) is 42.7. The highest BCUT2D eigenvalue weighted by atomic mass is 16.4. The summed E-state index contributed by atoms with van der Waals surface area (Å²) in [4.78, 5) is 12.5. The van der Waals surface area contributed by atoms with Crippen LogP contribution >= 0.6 is 0 Å². The number of carboxylic acid groups (broad SMARTS) is 1. The van der Waals surface area contributed by atoms with E-state index < -0.39 is 5.97 Å². The lowest BCUT2D eigenvalue weighted by Gasteiger charge is -2.62. The summed E-state index contributed by atoms with van der Waals surface area (Å²) in [6.45, 7) is 16.2. The molecule has 2 saturated carbocycles. The van der Waals surface area contributed by atoms with E-state index in [1.807, 2.05) is 0 Å². The van der Waals surface area contributed by atoms with E-state index in [0.29, 0.717) is 5.92 Å². The Bertz CT molecular complexity index is 862. The summed E-state index contributed by atoms with van der Waals surface area (Å²) in [5.74, 6) is -0.0420. The van der Waals surface area contributed by atoms with Gasteiger partial charge in [0.15, 0.2) is 0 Å². The van der Waals surface area contributed by atoms with E-state index in [1.54, 1.807) is 11.1 Å². The molecule has 186 valence electrons. The van der Waals surface area contributed by atoms with E-state index in [9.17, 15) is 15.0 Å². The first-order valence-corrected chi connectivity index (χ1v) is 13.6. The molecule has 7 atom stereocenters. The maximum Gasteiger partial charge on any atom is 0.306 e. The first-order chi connectivity index (χ1) is 15.3. The number of hydrogen-bond donors (Lipinski definition) is 2. The van der Waals surface area contributed by atoms with Gasteiger partial charge in [0.1, 0.15) is 0 Å². The lowest BCUT2D eigenvalue weighted by molar-refractivity contribution is -0.146. The molecule has 4 aliphatic rings. The molecule has 0 amide bonds. The van der Waals surface area contributed by atoms with Gasteiger partial charge >= 0.3 is 5.97 Å². The van der Waals surface area contributed by atoms with Crippen LogP contribution < -0.4 is 0 Å². The number of carbonyl (C=O) groups is 1. The molecule has 0 radical (unpaired) electrons. The summed E-state index contributed by atoms with van der Waals surface area (Å²) in [7, 11) is 0. The number of aliphatic hydroxyl groups is 1. The number of allylic oxidation sites excluding steroid dienone is 4. The van der Waals surface area contributed by atoms with Crippen LogP contribution in [0.4, 0.5) is 0 Å². The fourth-order valence-electron chi connectivity index (χ4n) is 9.41. The predicted molar refractivity (Wildman–Crippen MR) is 135 cm³/mol. The molecule has 2 N–H and O–H groups in total. The van der Waals surface area contributed by atoms with Crippen LogP contribution in [0.5, 0.6) is 0 Å². The van der Waals surface area contributed by atoms with Gasteiger partial charge in [-0.2, -0.15) is 0 Å². The molecular weight excluding hydrogens is 408 g/mol. The molecule has 0 aromatic rings. The second-order valence-electron chi connectivity index (χ2n) is 13.5. The Kier molecular flexibility index (Phi) is 6.25. The summed E-state index contributed by atoms with van der Waals surface area (Å²) < 4.78 is 0. The van der Waals surface area contributed by atoms with Crippen molar-refractivity contribution >= 4 is 5.97 Å². The van der Waals surface area contributed by atoms with Gasteiger partial charge < -0.3 is 10.2 Å². The van der Waals surface area contributed by atoms with Gasteiger partial charge in [-0.05, 0) is 112 Å². The lowest BCUT2D eigenvalue weighted by atomic mass is 9.43. The van der Waals surface area contributed by atoms with Gasteiger partial charge in [0, 0.05) is 0 Å². The Labute approximate surface area is 202 Å². The average molecular weight is 457 g/mol. The van der Waals surface area contributed by atoms with Crippen molar-refractivity contribution in [2.45, 2.75) is 119 Å². The number of fused-ring (bicyclic) bond motifs is 4. The van der Waals surface area contributed by atoms with E-state index in [1.165, 1.54) is 12.0 Å². The largest absolute Gasteiger partial charge is 0.481 e. The van der Waals surface area contributed by atoms with Crippen LogP contribution in [0.25, 0.3) is 0 Å². The van der Waals surface area contributed by atoms with Crippen molar-refractivity contribution in [3.05, 3.63) is 22.8 Å².